The number of hydrogen-bond acceptors (Lipinski definition) is 1. The molecule has 0 aliphatic heterocycles. The monoisotopic (exact) mass is 220 g/mol. The third kappa shape index (κ3) is 1.63. The van der Waals surface area contributed by atoms with E-state index < -0.39 is 0 Å². The molecule has 16 heavy (non-hydrogen) atoms. The van der Waals surface area contributed by atoms with Gasteiger partial charge in [0, 0.05) is 12.3 Å². The predicted octanol–water partition coefficient (Wildman–Crippen LogP) is 3.67. The zero-order valence-corrected chi connectivity index (χ0v) is 10.6. The van der Waals surface area contributed by atoms with E-state index in [-0.39, 0.29) is 0 Å². The Balaban J connectivity index is 1.76. The molecular formula is C15H24O. The van der Waals surface area contributed by atoms with Gasteiger partial charge in [0.25, 0.3) is 0 Å². The van der Waals surface area contributed by atoms with Crippen molar-refractivity contribution < 1.29 is 4.79 Å². The molecule has 90 valence electrons. The number of carbonyl (C=O) groups excluding carboxylic acids is 1. The van der Waals surface area contributed by atoms with Crippen molar-refractivity contribution >= 4 is 5.78 Å². The van der Waals surface area contributed by atoms with E-state index in [0.29, 0.717) is 23.5 Å². The second-order valence-electron chi connectivity index (χ2n) is 6.85. The third-order valence-corrected chi connectivity index (χ3v) is 5.56. The molecule has 3 fully saturated rings. The van der Waals surface area contributed by atoms with Gasteiger partial charge in [0.15, 0.2) is 0 Å². The molecule has 2 bridgehead atoms. The molecule has 0 aromatic rings. The Bertz CT molecular complexity index is 296. The fraction of sp³-hybridized carbons (Fsp3) is 0.933. The lowest BCUT2D eigenvalue weighted by Gasteiger charge is -2.38. The molecule has 1 heteroatoms. The Labute approximate surface area is 99.0 Å². The Kier molecular flexibility index (Phi) is 2.60. The van der Waals surface area contributed by atoms with Crippen molar-refractivity contribution in [3.63, 3.8) is 0 Å². The Morgan fingerprint density at radius 1 is 1.06 bits per heavy atom. The summed E-state index contributed by atoms with van der Waals surface area (Å²) in [6, 6.07) is 0. The van der Waals surface area contributed by atoms with E-state index in [4.69, 9.17) is 0 Å². The van der Waals surface area contributed by atoms with E-state index in [2.05, 4.69) is 13.8 Å². The number of hydrogen-bond donors (Lipinski definition) is 0. The largest absolute Gasteiger partial charge is 0.299 e. The van der Waals surface area contributed by atoms with Gasteiger partial charge in [-0.05, 0) is 55.3 Å². The molecule has 0 spiro atoms. The van der Waals surface area contributed by atoms with Crippen LogP contribution in [0.3, 0.4) is 0 Å². The molecule has 0 N–H and O–H groups in total. The molecule has 3 rings (SSSR count). The Morgan fingerprint density at radius 3 is 2.44 bits per heavy atom. The van der Waals surface area contributed by atoms with Crippen molar-refractivity contribution in [1.29, 1.82) is 0 Å². The summed E-state index contributed by atoms with van der Waals surface area (Å²) in [6.45, 7) is 4.57. The van der Waals surface area contributed by atoms with Crippen LogP contribution < -0.4 is 0 Å². The normalized spacial score (nSPS) is 52.2. The molecular weight excluding hydrogens is 196 g/mol. The maximum Gasteiger partial charge on any atom is 0.136 e. The average molecular weight is 220 g/mol. The molecule has 0 radical (unpaired) electrons. The summed E-state index contributed by atoms with van der Waals surface area (Å²) >= 11 is 0. The van der Waals surface area contributed by atoms with E-state index in [1.165, 1.54) is 32.1 Å². The molecule has 0 aromatic heterocycles. The van der Waals surface area contributed by atoms with Gasteiger partial charge in [-0.1, -0.05) is 20.3 Å². The first-order valence-corrected chi connectivity index (χ1v) is 7.18. The molecule has 0 amide bonds. The van der Waals surface area contributed by atoms with Gasteiger partial charge in [-0.15, -0.1) is 0 Å². The van der Waals surface area contributed by atoms with Gasteiger partial charge in [0.2, 0.25) is 0 Å². The van der Waals surface area contributed by atoms with Gasteiger partial charge in [-0.2, -0.15) is 0 Å². The Hall–Kier alpha value is -0.330. The maximum absolute atomic E-state index is 12.3. The van der Waals surface area contributed by atoms with E-state index >= 15 is 0 Å². The van der Waals surface area contributed by atoms with Gasteiger partial charge >= 0.3 is 0 Å². The second-order valence-corrected chi connectivity index (χ2v) is 6.85. The molecule has 1 nitrogen and oxygen atoms in total. The topological polar surface area (TPSA) is 17.1 Å². The first-order valence-electron chi connectivity index (χ1n) is 7.18. The lowest BCUT2D eigenvalue weighted by Crippen LogP contribution is -2.38. The molecule has 3 aliphatic carbocycles. The summed E-state index contributed by atoms with van der Waals surface area (Å²) in [5.41, 5.74) is 0. The smallest absolute Gasteiger partial charge is 0.136 e. The first-order chi connectivity index (χ1) is 7.65. The van der Waals surface area contributed by atoms with Crippen LogP contribution in [0.15, 0.2) is 0 Å². The average Bonchev–Trinajstić information content (AvgIpc) is 2.77. The van der Waals surface area contributed by atoms with Crippen LogP contribution in [0.25, 0.3) is 0 Å². The van der Waals surface area contributed by atoms with Gasteiger partial charge < -0.3 is 0 Å². The van der Waals surface area contributed by atoms with E-state index in [9.17, 15) is 4.79 Å². The van der Waals surface area contributed by atoms with Crippen LogP contribution in [-0.4, -0.2) is 5.78 Å². The quantitative estimate of drug-likeness (QED) is 0.659. The standard InChI is InChI=1S/C15H24O/c1-9-5-10(2)15(14(16)6-9)13-8-11-3-4-12(13)7-11/h9-13,15H,3-8H2,1-2H3/t9-,10-,11-,12-,13-,15+/m1/s1. The minimum Gasteiger partial charge on any atom is -0.299 e. The van der Waals surface area contributed by atoms with Crippen molar-refractivity contribution in [2.75, 3.05) is 0 Å². The van der Waals surface area contributed by atoms with Gasteiger partial charge in [-0.3, -0.25) is 4.79 Å². The molecule has 6 atom stereocenters. The molecule has 0 unspecified atom stereocenters. The van der Waals surface area contributed by atoms with Crippen LogP contribution in [0, 0.1) is 35.5 Å². The van der Waals surface area contributed by atoms with Crippen LogP contribution in [0.5, 0.6) is 0 Å². The Morgan fingerprint density at radius 2 is 1.88 bits per heavy atom. The summed E-state index contributed by atoms with van der Waals surface area (Å²) in [7, 11) is 0. The maximum atomic E-state index is 12.3. The summed E-state index contributed by atoms with van der Waals surface area (Å²) < 4.78 is 0. The fourth-order valence-corrected chi connectivity index (χ4v) is 5.06. The van der Waals surface area contributed by atoms with Gasteiger partial charge in [-0.25, -0.2) is 0 Å². The summed E-state index contributed by atoms with van der Waals surface area (Å²) in [5, 5.41) is 0. The summed E-state index contributed by atoms with van der Waals surface area (Å²) in [4.78, 5) is 12.3. The summed E-state index contributed by atoms with van der Waals surface area (Å²) in [6.07, 6.45) is 7.83. The SMILES string of the molecule is C[C@H]1CC(=O)[C@H]([C@@H]2C[C@@H]3CC[C@@H]2C3)[C@H](C)C1. The van der Waals surface area contributed by atoms with Crippen molar-refractivity contribution in [1.82, 2.24) is 0 Å². The minimum atomic E-state index is 0.437. The predicted molar refractivity (Wildman–Crippen MR) is 65.0 cm³/mol. The van der Waals surface area contributed by atoms with Crippen LogP contribution in [0.4, 0.5) is 0 Å². The highest BCUT2D eigenvalue weighted by molar-refractivity contribution is 5.82. The van der Waals surface area contributed by atoms with Crippen molar-refractivity contribution in [3.8, 4) is 0 Å². The van der Waals surface area contributed by atoms with E-state index in [0.717, 1.165) is 24.2 Å². The number of Topliss-reactive ketones (excluding diaryl/α,β-unsaturated/α-hetero) is 1. The second kappa shape index (κ2) is 3.85. The van der Waals surface area contributed by atoms with E-state index in [1.54, 1.807) is 0 Å². The van der Waals surface area contributed by atoms with Crippen LogP contribution >= 0.6 is 0 Å². The number of carbonyl (C=O) groups is 1. The fourth-order valence-electron chi connectivity index (χ4n) is 5.06. The lowest BCUT2D eigenvalue weighted by molar-refractivity contribution is -0.131. The summed E-state index contributed by atoms with van der Waals surface area (Å²) in [5.74, 6) is 4.99. The van der Waals surface area contributed by atoms with Crippen molar-refractivity contribution in [2.45, 2.75) is 52.4 Å². The van der Waals surface area contributed by atoms with Crippen LogP contribution in [-0.2, 0) is 4.79 Å². The zero-order chi connectivity index (χ0) is 11.3. The molecule has 0 heterocycles. The molecule has 3 aliphatic rings. The lowest BCUT2D eigenvalue weighted by atomic mass is 9.65. The van der Waals surface area contributed by atoms with Gasteiger partial charge in [0.05, 0.1) is 0 Å². The molecule has 3 saturated carbocycles. The van der Waals surface area contributed by atoms with Crippen molar-refractivity contribution in [2.24, 2.45) is 35.5 Å². The minimum absolute atomic E-state index is 0.437. The first kappa shape index (κ1) is 10.8. The number of ketones is 1. The van der Waals surface area contributed by atoms with Crippen molar-refractivity contribution in [3.05, 3.63) is 0 Å². The molecule has 0 aromatic carbocycles. The zero-order valence-electron chi connectivity index (χ0n) is 10.6. The third-order valence-electron chi connectivity index (χ3n) is 5.56. The number of rotatable bonds is 1. The highest BCUT2D eigenvalue weighted by Crippen LogP contribution is 2.54. The van der Waals surface area contributed by atoms with Crippen LogP contribution in [0.2, 0.25) is 0 Å². The van der Waals surface area contributed by atoms with Crippen LogP contribution in [0.1, 0.15) is 52.4 Å². The van der Waals surface area contributed by atoms with E-state index in [1.807, 2.05) is 0 Å². The van der Waals surface area contributed by atoms with Gasteiger partial charge in [0.1, 0.15) is 5.78 Å². The highest BCUT2D eigenvalue weighted by Gasteiger charge is 2.47. The highest BCUT2D eigenvalue weighted by atomic mass is 16.1. The molecule has 0 saturated heterocycles. The number of fused-ring (bicyclic) bond motifs is 2.